The molecule has 6 unspecified atom stereocenters. The first-order valence-corrected chi connectivity index (χ1v) is 13.0. The first-order chi connectivity index (χ1) is 13.7. The molecule has 0 N–H and O–H groups in total. The molecule has 2 heteroatoms. The molecule has 4 aliphatic rings. The normalized spacial score (nSPS) is 38.4. The molecule has 4 rings (SSSR count). The van der Waals surface area contributed by atoms with Crippen molar-refractivity contribution in [2.75, 3.05) is 0 Å². The second kappa shape index (κ2) is 9.82. The van der Waals surface area contributed by atoms with Gasteiger partial charge in [-0.25, -0.2) is 0 Å². The topological polar surface area (TPSA) is 25.1 Å². The van der Waals surface area contributed by atoms with Gasteiger partial charge in [0.25, 0.3) is 0 Å². The van der Waals surface area contributed by atoms with Crippen molar-refractivity contribution in [2.45, 2.75) is 147 Å². The third kappa shape index (κ3) is 5.34. The monoisotopic (exact) mass is 390 g/mol. The van der Waals surface area contributed by atoms with Gasteiger partial charge < -0.3 is 9.47 Å². The Hall–Kier alpha value is -0.0800. The van der Waals surface area contributed by atoms with E-state index in [1.54, 1.807) is 0 Å². The van der Waals surface area contributed by atoms with E-state index in [4.69, 9.17) is 9.47 Å². The molecule has 2 saturated carbocycles. The smallest absolute Gasteiger partial charge is 0.0844 e. The minimum Gasteiger partial charge on any atom is -0.370 e. The van der Waals surface area contributed by atoms with E-state index in [0.29, 0.717) is 29.8 Å². The van der Waals surface area contributed by atoms with Crippen molar-refractivity contribution in [1.29, 1.82) is 0 Å². The fraction of sp³-hybridized carbons (Fsp3) is 1.00. The SMILES string of the molecule is CCCCCCCCCCCCC(C)(C1CCC2OC2C1)C1CCC2OC2C1. The van der Waals surface area contributed by atoms with Crippen molar-refractivity contribution in [3.63, 3.8) is 0 Å². The highest BCUT2D eigenvalue weighted by Gasteiger charge is 2.54. The van der Waals surface area contributed by atoms with Gasteiger partial charge in [0.2, 0.25) is 0 Å². The molecule has 0 aromatic carbocycles. The first-order valence-electron chi connectivity index (χ1n) is 13.0. The van der Waals surface area contributed by atoms with Crippen LogP contribution >= 0.6 is 0 Å². The number of hydrogen-bond acceptors (Lipinski definition) is 2. The van der Waals surface area contributed by atoms with Crippen molar-refractivity contribution >= 4 is 0 Å². The molecule has 0 aromatic rings. The lowest BCUT2D eigenvalue weighted by atomic mass is 9.58. The van der Waals surface area contributed by atoms with Crippen molar-refractivity contribution in [3.8, 4) is 0 Å². The third-order valence-electron chi connectivity index (χ3n) is 8.94. The Morgan fingerprint density at radius 1 is 0.607 bits per heavy atom. The van der Waals surface area contributed by atoms with Crippen LogP contribution in [0.15, 0.2) is 0 Å². The molecule has 6 atom stereocenters. The van der Waals surface area contributed by atoms with Crippen LogP contribution in [-0.4, -0.2) is 24.4 Å². The van der Waals surface area contributed by atoms with Gasteiger partial charge in [-0.1, -0.05) is 78.1 Å². The summed E-state index contributed by atoms with van der Waals surface area (Å²) in [6.07, 6.45) is 26.6. The van der Waals surface area contributed by atoms with Crippen LogP contribution in [0.4, 0.5) is 0 Å². The highest BCUT2D eigenvalue weighted by atomic mass is 16.6. The third-order valence-corrected chi connectivity index (χ3v) is 8.94. The lowest BCUT2D eigenvalue weighted by molar-refractivity contribution is 0.0365. The predicted molar refractivity (Wildman–Crippen MR) is 117 cm³/mol. The minimum atomic E-state index is 0.536. The van der Waals surface area contributed by atoms with Gasteiger partial charge in [-0.2, -0.15) is 0 Å². The summed E-state index contributed by atoms with van der Waals surface area (Å²) in [5, 5.41) is 0. The maximum atomic E-state index is 5.90. The Balaban J connectivity index is 1.19. The van der Waals surface area contributed by atoms with Gasteiger partial charge >= 0.3 is 0 Å². The fourth-order valence-electron chi connectivity index (χ4n) is 6.74. The van der Waals surface area contributed by atoms with Gasteiger partial charge in [0.1, 0.15) is 0 Å². The Labute approximate surface area is 174 Å². The highest BCUT2D eigenvalue weighted by Crippen LogP contribution is 2.56. The Morgan fingerprint density at radius 3 is 1.54 bits per heavy atom. The van der Waals surface area contributed by atoms with Crippen LogP contribution in [0, 0.1) is 17.3 Å². The van der Waals surface area contributed by atoms with E-state index in [0.717, 1.165) is 11.8 Å². The number of epoxide rings is 2. The molecule has 28 heavy (non-hydrogen) atoms. The van der Waals surface area contributed by atoms with Gasteiger partial charge in [-0.15, -0.1) is 0 Å². The molecule has 0 aromatic heterocycles. The molecule has 2 saturated heterocycles. The van der Waals surface area contributed by atoms with E-state index in [1.165, 1.54) is 109 Å². The average Bonchev–Trinajstić information content (AvgIpc) is 3.61. The summed E-state index contributed by atoms with van der Waals surface area (Å²) >= 11 is 0. The van der Waals surface area contributed by atoms with Crippen LogP contribution < -0.4 is 0 Å². The summed E-state index contributed by atoms with van der Waals surface area (Å²) in [7, 11) is 0. The molecular weight excluding hydrogens is 344 g/mol. The van der Waals surface area contributed by atoms with Crippen LogP contribution in [0.1, 0.15) is 123 Å². The Morgan fingerprint density at radius 2 is 1.07 bits per heavy atom. The number of rotatable bonds is 13. The van der Waals surface area contributed by atoms with E-state index in [2.05, 4.69) is 13.8 Å². The largest absolute Gasteiger partial charge is 0.370 e. The van der Waals surface area contributed by atoms with Crippen LogP contribution in [0.25, 0.3) is 0 Å². The molecule has 2 aliphatic carbocycles. The summed E-state index contributed by atoms with van der Waals surface area (Å²) in [4.78, 5) is 0. The molecule has 0 spiro atoms. The van der Waals surface area contributed by atoms with Crippen molar-refractivity contribution < 1.29 is 9.47 Å². The molecular formula is C26H46O2. The van der Waals surface area contributed by atoms with E-state index >= 15 is 0 Å². The van der Waals surface area contributed by atoms with E-state index in [1.807, 2.05) is 0 Å². The van der Waals surface area contributed by atoms with Crippen LogP contribution in [0.5, 0.6) is 0 Å². The first kappa shape index (κ1) is 21.2. The summed E-state index contributed by atoms with van der Waals surface area (Å²) in [6.45, 7) is 4.97. The number of ether oxygens (including phenoxy) is 2. The number of unbranched alkanes of at least 4 members (excludes halogenated alkanes) is 9. The molecule has 0 bridgehead atoms. The lowest BCUT2D eigenvalue weighted by Crippen LogP contribution is -2.40. The average molecular weight is 391 g/mol. The predicted octanol–water partition coefficient (Wildman–Crippen LogP) is 7.44. The number of hydrogen-bond donors (Lipinski definition) is 0. The second-order valence-corrected chi connectivity index (χ2v) is 10.9. The van der Waals surface area contributed by atoms with Crippen LogP contribution in [0.3, 0.4) is 0 Å². The van der Waals surface area contributed by atoms with Gasteiger partial charge in [0.05, 0.1) is 24.4 Å². The van der Waals surface area contributed by atoms with Gasteiger partial charge in [0.15, 0.2) is 0 Å². The molecule has 0 radical (unpaired) electrons. The van der Waals surface area contributed by atoms with Gasteiger partial charge in [-0.05, 0) is 62.2 Å². The van der Waals surface area contributed by atoms with Gasteiger partial charge in [-0.3, -0.25) is 0 Å². The standard InChI is InChI=1S/C26H46O2/c1-3-4-5-6-7-8-9-10-11-12-17-26(2,20-13-15-22-24(18-20)27-22)21-14-16-23-25(19-21)28-23/h20-25H,3-19H2,1-2H3. The number of fused-ring (bicyclic) bond motifs is 2. The van der Waals surface area contributed by atoms with Gasteiger partial charge in [0, 0.05) is 0 Å². The van der Waals surface area contributed by atoms with Crippen molar-refractivity contribution in [1.82, 2.24) is 0 Å². The van der Waals surface area contributed by atoms with E-state index in [9.17, 15) is 0 Å². The molecule has 162 valence electrons. The molecule has 2 aliphatic heterocycles. The quantitative estimate of drug-likeness (QED) is 0.241. The Kier molecular flexibility index (Phi) is 7.42. The van der Waals surface area contributed by atoms with Crippen LogP contribution in [-0.2, 0) is 9.47 Å². The van der Waals surface area contributed by atoms with Crippen molar-refractivity contribution in [3.05, 3.63) is 0 Å². The molecule has 2 nitrogen and oxygen atoms in total. The molecule has 0 amide bonds. The zero-order chi connectivity index (χ0) is 19.4. The molecule has 2 heterocycles. The highest BCUT2D eigenvalue weighted by molar-refractivity contribution is 5.03. The Bertz CT molecular complexity index is 447. The van der Waals surface area contributed by atoms with E-state index in [-0.39, 0.29) is 0 Å². The summed E-state index contributed by atoms with van der Waals surface area (Å²) in [5.74, 6) is 1.80. The zero-order valence-corrected chi connectivity index (χ0v) is 18.8. The lowest BCUT2D eigenvalue weighted by Gasteiger charge is -2.46. The zero-order valence-electron chi connectivity index (χ0n) is 18.8. The maximum absolute atomic E-state index is 5.90. The van der Waals surface area contributed by atoms with Crippen molar-refractivity contribution in [2.24, 2.45) is 17.3 Å². The minimum absolute atomic E-state index is 0.536. The summed E-state index contributed by atoms with van der Waals surface area (Å²) in [6, 6.07) is 0. The maximum Gasteiger partial charge on any atom is 0.0844 e. The summed E-state index contributed by atoms with van der Waals surface area (Å²) < 4.78 is 11.8. The second-order valence-electron chi connectivity index (χ2n) is 10.9. The fourth-order valence-corrected chi connectivity index (χ4v) is 6.74. The van der Waals surface area contributed by atoms with E-state index < -0.39 is 0 Å². The van der Waals surface area contributed by atoms with Crippen LogP contribution in [0.2, 0.25) is 0 Å². The molecule has 4 fully saturated rings. The summed E-state index contributed by atoms with van der Waals surface area (Å²) in [5.41, 5.74) is 0.536.